The van der Waals surface area contributed by atoms with Crippen LogP contribution in [0, 0.1) is 0 Å². The third-order valence-corrected chi connectivity index (χ3v) is 3.78. The second-order valence-corrected chi connectivity index (χ2v) is 5.59. The zero-order valence-corrected chi connectivity index (χ0v) is 12.9. The first kappa shape index (κ1) is 14.3. The summed E-state index contributed by atoms with van der Waals surface area (Å²) in [5.41, 5.74) is 1.52. The third-order valence-electron chi connectivity index (χ3n) is 3.25. The van der Waals surface area contributed by atoms with Gasteiger partial charge in [-0.3, -0.25) is 9.89 Å². The van der Waals surface area contributed by atoms with Gasteiger partial charge in [0, 0.05) is 10.5 Å². The maximum Gasteiger partial charge on any atom is 0.337 e. The number of halogens is 1. The molecule has 6 heteroatoms. The Hall–Kier alpha value is -2.60. The topological polar surface area (TPSA) is 75.1 Å². The molecule has 110 valence electrons. The van der Waals surface area contributed by atoms with Crippen molar-refractivity contribution in [2.45, 2.75) is 0 Å². The highest BCUT2D eigenvalue weighted by Crippen LogP contribution is 2.20. The number of nitrogens with zero attached hydrogens (tertiary/aromatic N) is 1. The van der Waals surface area contributed by atoms with E-state index in [9.17, 15) is 14.7 Å². The highest BCUT2D eigenvalue weighted by atomic mass is 79.9. The van der Waals surface area contributed by atoms with Crippen LogP contribution in [0.25, 0.3) is 16.9 Å². The molecule has 0 amide bonds. The van der Waals surface area contributed by atoms with E-state index in [2.05, 4.69) is 21.0 Å². The molecule has 0 unspecified atom stereocenters. The Labute approximate surface area is 134 Å². The van der Waals surface area contributed by atoms with Gasteiger partial charge < -0.3 is 5.11 Å². The van der Waals surface area contributed by atoms with Crippen molar-refractivity contribution in [1.82, 2.24) is 9.78 Å². The van der Waals surface area contributed by atoms with Crippen molar-refractivity contribution in [2.24, 2.45) is 0 Å². The van der Waals surface area contributed by atoms with Crippen LogP contribution in [0.4, 0.5) is 0 Å². The van der Waals surface area contributed by atoms with Gasteiger partial charge in [0.25, 0.3) is 5.56 Å². The zero-order chi connectivity index (χ0) is 15.7. The molecule has 0 spiro atoms. The number of benzene rings is 2. The summed E-state index contributed by atoms with van der Waals surface area (Å²) in [4.78, 5) is 23.5. The number of nitrogens with one attached hydrogen (secondary N) is 1. The number of hydrogen-bond acceptors (Lipinski definition) is 2. The van der Waals surface area contributed by atoms with Crippen LogP contribution in [0.1, 0.15) is 10.4 Å². The summed E-state index contributed by atoms with van der Waals surface area (Å²) in [6, 6.07) is 15.3. The number of aromatic carboxylic acids is 1. The fraction of sp³-hybridized carbons (Fsp3) is 0. The van der Waals surface area contributed by atoms with Crippen molar-refractivity contribution >= 4 is 21.9 Å². The van der Waals surface area contributed by atoms with Gasteiger partial charge in [0.15, 0.2) is 0 Å². The van der Waals surface area contributed by atoms with Gasteiger partial charge in [0.1, 0.15) is 0 Å². The van der Waals surface area contributed by atoms with Gasteiger partial charge in [-0.15, -0.1) is 0 Å². The lowest BCUT2D eigenvalue weighted by Crippen LogP contribution is -2.16. The van der Waals surface area contributed by atoms with Crippen molar-refractivity contribution in [3.63, 3.8) is 0 Å². The summed E-state index contributed by atoms with van der Waals surface area (Å²) in [5, 5.41) is 12.2. The smallest absolute Gasteiger partial charge is 0.337 e. The second-order valence-electron chi connectivity index (χ2n) is 4.67. The van der Waals surface area contributed by atoms with E-state index in [-0.39, 0.29) is 11.1 Å². The fourth-order valence-corrected chi connectivity index (χ4v) is 2.47. The van der Waals surface area contributed by atoms with E-state index in [1.807, 2.05) is 24.3 Å². The van der Waals surface area contributed by atoms with Crippen LogP contribution in [0.15, 0.2) is 63.9 Å². The minimum absolute atomic E-state index is 0.0637. The van der Waals surface area contributed by atoms with Crippen molar-refractivity contribution in [2.75, 3.05) is 0 Å². The summed E-state index contributed by atoms with van der Waals surface area (Å²) in [6.45, 7) is 0. The molecule has 2 N–H and O–H groups in total. The molecule has 0 aliphatic carbocycles. The first-order valence-corrected chi connectivity index (χ1v) is 7.26. The highest BCUT2D eigenvalue weighted by Gasteiger charge is 2.14. The van der Waals surface area contributed by atoms with Gasteiger partial charge >= 0.3 is 5.97 Å². The Morgan fingerprint density at radius 3 is 2.45 bits per heavy atom. The predicted octanol–water partition coefficient (Wildman–Crippen LogP) is 3.29. The first-order valence-electron chi connectivity index (χ1n) is 6.47. The minimum Gasteiger partial charge on any atom is -0.478 e. The molecule has 0 radical (unpaired) electrons. The van der Waals surface area contributed by atoms with E-state index >= 15 is 0 Å². The van der Waals surface area contributed by atoms with Gasteiger partial charge in [-0.25, -0.2) is 9.48 Å². The lowest BCUT2D eigenvalue weighted by atomic mass is 10.2. The highest BCUT2D eigenvalue weighted by molar-refractivity contribution is 9.10. The van der Waals surface area contributed by atoms with Gasteiger partial charge in [-0.1, -0.05) is 40.2 Å². The molecule has 1 heterocycles. The quantitative estimate of drug-likeness (QED) is 0.754. The molecule has 3 rings (SSSR count). The van der Waals surface area contributed by atoms with Crippen molar-refractivity contribution < 1.29 is 9.90 Å². The van der Waals surface area contributed by atoms with Crippen LogP contribution in [0.2, 0.25) is 0 Å². The summed E-state index contributed by atoms with van der Waals surface area (Å²) in [7, 11) is 0. The third kappa shape index (κ3) is 2.60. The Morgan fingerprint density at radius 1 is 1.09 bits per heavy atom. The maximum atomic E-state index is 12.2. The number of rotatable bonds is 3. The van der Waals surface area contributed by atoms with Gasteiger partial charge in [0.2, 0.25) is 0 Å². The van der Waals surface area contributed by atoms with Crippen LogP contribution in [0.5, 0.6) is 0 Å². The molecule has 0 atom stereocenters. The number of carboxylic acids is 1. The van der Waals surface area contributed by atoms with Gasteiger partial charge in [0.05, 0.1) is 16.9 Å². The Morgan fingerprint density at radius 2 is 1.77 bits per heavy atom. The second kappa shape index (κ2) is 5.65. The minimum atomic E-state index is -1.08. The monoisotopic (exact) mass is 358 g/mol. The Bertz CT molecular complexity index is 894. The first-order chi connectivity index (χ1) is 10.6. The number of H-pyrrole nitrogens is 1. The van der Waals surface area contributed by atoms with E-state index in [4.69, 9.17) is 0 Å². The molecule has 3 aromatic rings. The molecule has 2 aromatic carbocycles. The molecule has 1 aromatic heterocycles. The van der Waals surface area contributed by atoms with Crippen molar-refractivity contribution in [3.05, 3.63) is 75.0 Å². The van der Waals surface area contributed by atoms with Gasteiger partial charge in [-0.2, -0.15) is 0 Å². The van der Waals surface area contributed by atoms with E-state index < -0.39 is 5.97 Å². The van der Waals surface area contributed by atoms with Crippen molar-refractivity contribution in [1.29, 1.82) is 0 Å². The largest absolute Gasteiger partial charge is 0.478 e. The Kier molecular flexibility index (Phi) is 3.68. The van der Waals surface area contributed by atoms with Crippen molar-refractivity contribution in [3.8, 4) is 16.9 Å². The Balaban J connectivity index is 2.13. The summed E-state index contributed by atoms with van der Waals surface area (Å²) in [5.74, 6) is -1.08. The van der Waals surface area contributed by atoms with E-state index in [0.717, 1.165) is 10.0 Å². The molecule has 0 saturated heterocycles. The molecule has 0 aliphatic heterocycles. The van der Waals surface area contributed by atoms with E-state index in [1.165, 1.54) is 16.8 Å². The zero-order valence-electron chi connectivity index (χ0n) is 11.3. The summed E-state index contributed by atoms with van der Waals surface area (Å²) in [6.07, 6.45) is 0. The molecule has 0 fully saturated rings. The average Bonchev–Trinajstić information content (AvgIpc) is 2.89. The predicted molar refractivity (Wildman–Crippen MR) is 86.5 cm³/mol. The van der Waals surface area contributed by atoms with Crippen LogP contribution in [-0.4, -0.2) is 20.9 Å². The lowest BCUT2D eigenvalue weighted by molar-refractivity contribution is 0.0696. The molecular formula is C16H11BrN2O3. The van der Waals surface area contributed by atoms with E-state index in [0.29, 0.717) is 11.4 Å². The normalized spacial score (nSPS) is 10.6. The number of carboxylic acid groups (broad SMARTS) is 1. The number of hydrogen-bond donors (Lipinski definition) is 2. The van der Waals surface area contributed by atoms with E-state index in [1.54, 1.807) is 18.2 Å². The van der Waals surface area contributed by atoms with Crippen LogP contribution in [0.3, 0.4) is 0 Å². The number of aromatic nitrogens is 2. The maximum absolute atomic E-state index is 12.2. The van der Waals surface area contributed by atoms with Crippen LogP contribution < -0.4 is 5.56 Å². The number of aromatic amines is 1. The fourth-order valence-electron chi connectivity index (χ4n) is 2.20. The summed E-state index contributed by atoms with van der Waals surface area (Å²) < 4.78 is 2.18. The SMILES string of the molecule is O=C(O)c1ccccc1-n1[nH]c(-c2ccc(Br)cc2)cc1=O. The van der Waals surface area contributed by atoms with Crippen LogP contribution >= 0.6 is 15.9 Å². The summed E-state index contributed by atoms with van der Waals surface area (Å²) >= 11 is 3.36. The number of para-hydroxylation sites is 1. The molecular weight excluding hydrogens is 348 g/mol. The molecule has 22 heavy (non-hydrogen) atoms. The average molecular weight is 359 g/mol. The molecule has 0 bridgehead atoms. The molecule has 0 aliphatic rings. The molecule has 5 nitrogen and oxygen atoms in total. The number of carbonyl (C=O) groups is 1. The van der Waals surface area contributed by atoms with Gasteiger partial charge in [-0.05, 0) is 29.8 Å². The van der Waals surface area contributed by atoms with Crippen LogP contribution in [-0.2, 0) is 0 Å². The lowest BCUT2D eigenvalue weighted by Gasteiger charge is -2.06. The standard InChI is InChI=1S/C16H11BrN2O3/c17-11-7-5-10(6-8-11)13-9-15(20)19(18-13)14-4-2-1-3-12(14)16(21)22/h1-9,18H,(H,21,22). The molecule has 0 saturated carbocycles.